The van der Waals surface area contributed by atoms with E-state index in [0.717, 1.165) is 60.9 Å². The lowest BCUT2D eigenvalue weighted by atomic mass is 9.83. The van der Waals surface area contributed by atoms with Gasteiger partial charge in [-0.1, -0.05) is 249 Å². The molecule has 2 nitrogen and oxygen atoms in total. The van der Waals surface area contributed by atoms with Gasteiger partial charge >= 0.3 is 0 Å². The van der Waals surface area contributed by atoms with Gasteiger partial charge in [-0.25, -0.2) is 0 Å². The molecule has 0 aliphatic heterocycles. The molecule has 17 rings (SSSR count). The molecule has 0 spiro atoms. The van der Waals surface area contributed by atoms with Gasteiger partial charge in [0, 0.05) is 21.7 Å². The van der Waals surface area contributed by atoms with Gasteiger partial charge in [0.05, 0.1) is 0 Å². The molecule has 0 N–H and O–H groups in total. The van der Waals surface area contributed by atoms with E-state index in [4.69, 9.17) is 8.83 Å². The Hall–Kier alpha value is -11.3. The van der Waals surface area contributed by atoms with Crippen LogP contribution < -0.4 is 0 Å². The standard InChI is InChI=1S/C85H54O2/c1-3-62-76-50-60(83-69-30-10-8-28-67(69)82(68-29-9-11-31-70(68)83)59-24-18-23-57(48-59)58-41-38-53-20-4-5-21-56(53)47-58)42-44-79(76)87-81(62)46-52(2)55-40-39-54-22-19-36-64(75(54)49-55)63-25-6-7-27-66(63)85-73-34-14-12-32-71(73)84(72-33-13-15-35-74(72)85)61-43-45-80-77(51-61)65-26-16-17-37-78(65)86-80/h3-51H,1H2,2H3/b52-46+. The van der Waals surface area contributed by atoms with E-state index in [0.29, 0.717) is 0 Å². The summed E-state index contributed by atoms with van der Waals surface area (Å²) in [6, 6.07) is 104. The Morgan fingerprint density at radius 3 is 1.38 bits per heavy atom. The molecule has 0 saturated carbocycles. The molecule has 0 radical (unpaired) electrons. The molecule has 17 aromatic rings. The normalized spacial score (nSPS) is 12.1. The topological polar surface area (TPSA) is 26.3 Å². The molecule has 0 bridgehead atoms. The molecule has 2 heterocycles. The maximum absolute atomic E-state index is 6.83. The second-order valence-corrected chi connectivity index (χ2v) is 23.0. The number of allylic oxidation sites excluding steroid dienone is 1. The fourth-order valence-electron chi connectivity index (χ4n) is 14.2. The van der Waals surface area contributed by atoms with Crippen LogP contribution in [0.5, 0.6) is 0 Å². The summed E-state index contributed by atoms with van der Waals surface area (Å²) in [6.45, 7) is 6.58. The SMILES string of the molecule is C=Cc1c(/C=C(\C)c2ccc3cccc(-c4ccccc4-c4c5ccccc5c(-c5ccc6oc7ccccc7c6c5)c5ccccc45)c3c2)oc2ccc(-c3c4ccccc4c(-c4cccc(-c5ccc6ccccc6c5)c4)c4ccccc34)cc12. The Morgan fingerprint density at radius 1 is 0.287 bits per heavy atom. The first-order valence-corrected chi connectivity index (χ1v) is 29.9. The van der Waals surface area contributed by atoms with E-state index in [1.807, 2.05) is 18.2 Å². The molecule has 2 aromatic heterocycles. The minimum absolute atomic E-state index is 0.782. The minimum Gasteiger partial charge on any atom is -0.456 e. The summed E-state index contributed by atoms with van der Waals surface area (Å²) in [5.41, 5.74) is 20.1. The molecule has 406 valence electrons. The maximum Gasteiger partial charge on any atom is 0.135 e. The number of rotatable bonds is 9. The third kappa shape index (κ3) is 8.17. The summed E-state index contributed by atoms with van der Waals surface area (Å²) in [5.74, 6) is 0.782. The zero-order valence-corrected chi connectivity index (χ0v) is 47.8. The van der Waals surface area contributed by atoms with E-state index in [-0.39, 0.29) is 0 Å². The van der Waals surface area contributed by atoms with E-state index in [1.54, 1.807) is 0 Å². The fourth-order valence-corrected chi connectivity index (χ4v) is 14.2. The molecule has 0 atom stereocenters. The van der Waals surface area contributed by atoms with Crippen LogP contribution in [-0.2, 0) is 0 Å². The van der Waals surface area contributed by atoms with Crippen molar-refractivity contribution in [3.05, 3.63) is 309 Å². The second kappa shape index (κ2) is 20.2. The molecular formula is C85H54O2. The molecule has 2 heteroatoms. The summed E-state index contributed by atoms with van der Waals surface area (Å²) in [7, 11) is 0. The third-order valence-electron chi connectivity index (χ3n) is 18.2. The number of para-hydroxylation sites is 1. The van der Waals surface area contributed by atoms with Crippen LogP contribution in [0.15, 0.2) is 301 Å². The van der Waals surface area contributed by atoms with E-state index in [1.165, 1.54) is 126 Å². The molecule has 0 unspecified atom stereocenters. The average Bonchev–Trinajstić information content (AvgIpc) is 1.91. The quantitative estimate of drug-likeness (QED) is 0.135. The Labute approximate surface area is 503 Å². The smallest absolute Gasteiger partial charge is 0.135 e. The van der Waals surface area contributed by atoms with Crippen molar-refractivity contribution < 1.29 is 8.83 Å². The summed E-state index contributed by atoms with van der Waals surface area (Å²) in [4.78, 5) is 0. The number of fused-ring (bicyclic) bond motifs is 10. The average molecular weight is 1110 g/mol. The zero-order chi connectivity index (χ0) is 57.7. The van der Waals surface area contributed by atoms with Gasteiger partial charge in [0.25, 0.3) is 0 Å². The number of hydrogen-bond donors (Lipinski definition) is 0. The third-order valence-corrected chi connectivity index (χ3v) is 18.2. The highest BCUT2D eigenvalue weighted by Gasteiger charge is 2.23. The maximum atomic E-state index is 6.83. The van der Waals surface area contributed by atoms with Crippen LogP contribution in [0.1, 0.15) is 23.8 Å². The van der Waals surface area contributed by atoms with Gasteiger partial charge in [-0.05, 0) is 204 Å². The highest BCUT2D eigenvalue weighted by atomic mass is 16.3. The monoisotopic (exact) mass is 1110 g/mol. The Bertz CT molecular complexity index is 5630. The van der Waals surface area contributed by atoms with Gasteiger partial charge in [0.15, 0.2) is 0 Å². The van der Waals surface area contributed by atoms with E-state index >= 15 is 0 Å². The van der Waals surface area contributed by atoms with Crippen molar-refractivity contribution in [1.29, 1.82) is 0 Å². The van der Waals surface area contributed by atoms with Gasteiger partial charge in [0.2, 0.25) is 0 Å². The summed E-state index contributed by atoms with van der Waals surface area (Å²) >= 11 is 0. The molecule has 15 aromatic carbocycles. The number of benzene rings is 15. The molecule has 0 amide bonds. The first kappa shape index (κ1) is 50.2. The largest absolute Gasteiger partial charge is 0.456 e. The van der Waals surface area contributed by atoms with Crippen LogP contribution in [-0.4, -0.2) is 0 Å². The van der Waals surface area contributed by atoms with Crippen LogP contribution in [0.2, 0.25) is 0 Å². The predicted molar refractivity (Wildman–Crippen MR) is 371 cm³/mol. The van der Waals surface area contributed by atoms with Crippen molar-refractivity contribution in [2.24, 2.45) is 0 Å². The molecular weight excluding hydrogens is 1050 g/mol. The van der Waals surface area contributed by atoms with Crippen molar-refractivity contribution >= 4 is 115 Å². The van der Waals surface area contributed by atoms with E-state index < -0.39 is 0 Å². The lowest BCUT2D eigenvalue weighted by Crippen LogP contribution is -1.93. The fraction of sp³-hybridized carbons (Fsp3) is 0.0118. The number of furan rings is 2. The van der Waals surface area contributed by atoms with Crippen molar-refractivity contribution in [1.82, 2.24) is 0 Å². The highest BCUT2D eigenvalue weighted by molar-refractivity contribution is 6.25. The predicted octanol–water partition coefficient (Wildman–Crippen LogP) is 24.5. The van der Waals surface area contributed by atoms with Gasteiger partial charge in [-0.15, -0.1) is 0 Å². The first-order valence-electron chi connectivity index (χ1n) is 29.9. The van der Waals surface area contributed by atoms with Crippen LogP contribution >= 0.6 is 0 Å². The van der Waals surface area contributed by atoms with Crippen molar-refractivity contribution in [3.8, 4) is 66.8 Å². The summed E-state index contributed by atoms with van der Waals surface area (Å²) < 4.78 is 13.1. The lowest BCUT2D eigenvalue weighted by Gasteiger charge is -2.20. The van der Waals surface area contributed by atoms with Crippen molar-refractivity contribution in [2.75, 3.05) is 0 Å². The van der Waals surface area contributed by atoms with Crippen molar-refractivity contribution in [3.63, 3.8) is 0 Å². The molecule has 0 saturated heterocycles. The summed E-state index contributed by atoms with van der Waals surface area (Å²) in [5, 5.41) is 17.8. The zero-order valence-electron chi connectivity index (χ0n) is 47.8. The Balaban J connectivity index is 0.755. The number of hydrogen-bond acceptors (Lipinski definition) is 2. The molecule has 0 fully saturated rings. The molecule has 0 aliphatic rings. The lowest BCUT2D eigenvalue weighted by molar-refractivity contribution is 0.603. The Kier molecular flexibility index (Phi) is 11.7. The van der Waals surface area contributed by atoms with Gasteiger partial charge < -0.3 is 8.83 Å². The summed E-state index contributed by atoms with van der Waals surface area (Å²) in [6.07, 6.45) is 4.14. The van der Waals surface area contributed by atoms with Crippen LogP contribution in [0, 0.1) is 0 Å². The van der Waals surface area contributed by atoms with Crippen LogP contribution in [0.25, 0.3) is 182 Å². The van der Waals surface area contributed by atoms with E-state index in [9.17, 15) is 0 Å². The highest BCUT2D eigenvalue weighted by Crippen LogP contribution is 2.49. The minimum atomic E-state index is 0.782. The first-order chi connectivity index (χ1) is 43.0. The van der Waals surface area contributed by atoms with Gasteiger partial charge in [0.1, 0.15) is 22.5 Å². The second-order valence-electron chi connectivity index (χ2n) is 23.0. The molecule has 87 heavy (non-hydrogen) atoms. The van der Waals surface area contributed by atoms with Gasteiger partial charge in [-0.2, -0.15) is 0 Å². The van der Waals surface area contributed by atoms with E-state index in [2.05, 4.69) is 293 Å². The van der Waals surface area contributed by atoms with Crippen LogP contribution in [0.4, 0.5) is 0 Å². The van der Waals surface area contributed by atoms with Crippen LogP contribution in [0.3, 0.4) is 0 Å². The Morgan fingerprint density at radius 2 is 0.736 bits per heavy atom. The molecule has 0 aliphatic carbocycles. The van der Waals surface area contributed by atoms with Gasteiger partial charge in [-0.3, -0.25) is 0 Å². The van der Waals surface area contributed by atoms with Crippen molar-refractivity contribution in [2.45, 2.75) is 6.92 Å².